The molecule has 2 aromatic heterocycles. The lowest BCUT2D eigenvalue weighted by Crippen LogP contribution is -2.38. The molecule has 0 radical (unpaired) electrons. The zero-order valence-corrected chi connectivity index (χ0v) is 18.0. The number of aryl methyl sites for hydroxylation is 2. The highest BCUT2D eigenvalue weighted by Gasteiger charge is 2.22. The summed E-state index contributed by atoms with van der Waals surface area (Å²) < 4.78 is 9.77. The molecular weight excluding hydrogens is 386 g/mol. The molecule has 30 heavy (non-hydrogen) atoms. The topological polar surface area (TPSA) is 103 Å². The molecule has 9 heteroatoms. The van der Waals surface area contributed by atoms with E-state index in [2.05, 4.69) is 10.3 Å². The van der Waals surface area contributed by atoms with Crippen LogP contribution in [0.2, 0.25) is 0 Å². The molecular formula is C21H29N5O4. The number of para-hydroxylation sites is 1. The number of aliphatic hydroxyl groups is 1. The SMILES string of the molecule is CC[C@H](C)Nc1nc2c(c(=O)n(C)c(=O)n2C)n1C[C@H](O)COc1ccccc1C. The van der Waals surface area contributed by atoms with Gasteiger partial charge < -0.3 is 19.7 Å². The minimum atomic E-state index is -0.888. The number of hydrogen-bond acceptors (Lipinski definition) is 6. The van der Waals surface area contributed by atoms with Gasteiger partial charge in [0.2, 0.25) is 5.95 Å². The summed E-state index contributed by atoms with van der Waals surface area (Å²) >= 11 is 0. The number of benzene rings is 1. The number of aliphatic hydroxyl groups excluding tert-OH is 1. The molecule has 3 rings (SSSR count). The molecule has 0 aliphatic carbocycles. The van der Waals surface area contributed by atoms with Crippen molar-refractivity contribution in [3.8, 4) is 5.75 Å². The molecule has 0 aliphatic heterocycles. The fraction of sp³-hybridized carbons (Fsp3) is 0.476. The minimum absolute atomic E-state index is 0.0549. The van der Waals surface area contributed by atoms with Gasteiger partial charge in [0, 0.05) is 20.1 Å². The van der Waals surface area contributed by atoms with Crippen LogP contribution >= 0.6 is 0 Å². The average Bonchev–Trinajstić information content (AvgIpc) is 3.07. The second-order valence-electron chi connectivity index (χ2n) is 7.61. The zero-order valence-electron chi connectivity index (χ0n) is 18.0. The summed E-state index contributed by atoms with van der Waals surface area (Å²) in [4.78, 5) is 29.6. The molecule has 0 unspecified atom stereocenters. The number of nitrogens with zero attached hydrogens (tertiary/aromatic N) is 4. The summed E-state index contributed by atoms with van der Waals surface area (Å²) in [5.41, 5.74) is 0.613. The van der Waals surface area contributed by atoms with Gasteiger partial charge in [0.1, 0.15) is 18.5 Å². The Morgan fingerprint density at radius 1 is 1.20 bits per heavy atom. The van der Waals surface area contributed by atoms with Crippen LogP contribution in [-0.2, 0) is 20.6 Å². The highest BCUT2D eigenvalue weighted by atomic mass is 16.5. The number of hydrogen-bond donors (Lipinski definition) is 2. The summed E-state index contributed by atoms with van der Waals surface area (Å²) in [6.45, 7) is 6.11. The molecule has 2 N–H and O–H groups in total. The van der Waals surface area contributed by atoms with Crippen molar-refractivity contribution in [2.45, 2.75) is 45.9 Å². The number of rotatable bonds is 8. The Balaban J connectivity index is 1.98. The fourth-order valence-electron chi connectivity index (χ4n) is 3.22. The Kier molecular flexibility index (Phi) is 6.31. The second-order valence-corrected chi connectivity index (χ2v) is 7.61. The number of ether oxygens (including phenoxy) is 1. The lowest BCUT2D eigenvalue weighted by atomic mass is 10.2. The quantitative estimate of drug-likeness (QED) is 0.576. The summed E-state index contributed by atoms with van der Waals surface area (Å²) in [6.07, 6.45) is -0.0412. The third kappa shape index (κ3) is 4.11. The molecule has 2 atom stereocenters. The zero-order chi connectivity index (χ0) is 22.0. The van der Waals surface area contributed by atoms with Gasteiger partial charge in [0.15, 0.2) is 11.2 Å². The van der Waals surface area contributed by atoms with Crippen LogP contribution in [0.5, 0.6) is 5.75 Å². The first-order chi connectivity index (χ1) is 14.2. The van der Waals surface area contributed by atoms with E-state index in [1.165, 1.54) is 11.6 Å². The van der Waals surface area contributed by atoms with Crippen LogP contribution in [0, 0.1) is 6.92 Å². The molecule has 0 aliphatic rings. The molecule has 0 saturated carbocycles. The third-order valence-corrected chi connectivity index (χ3v) is 5.25. The van der Waals surface area contributed by atoms with Crippen molar-refractivity contribution in [2.75, 3.05) is 11.9 Å². The number of anilines is 1. The smallest absolute Gasteiger partial charge is 0.332 e. The lowest BCUT2D eigenvalue weighted by molar-refractivity contribution is 0.0934. The molecule has 9 nitrogen and oxygen atoms in total. The molecule has 3 aromatic rings. The largest absolute Gasteiger partial charge is 0.491 e. The highest BCUT2D eigenvalue weighted by Crippen LogP contribution is 2.19. The average molecular weight is 415 g/mol. The first-order valence-corrected chi connectivity index (χ1v) is 10.0. The molecule has 2 heterocycles. The van der Waals surface area contributed by atoms with Gasteiger partial charge in [-0.05, 0) is 31.9 Å². The van der Waals surface area contributed by atoms with Crippen LogP contribution in [0.25, 0.3) is 11.2 Å². The van der Waals surface area contributed by atoms with Gasteiger partial charge in [-0.3, -0.25) is 13.9 Å². The van der Waals surface area contributed by atoms with Crippen molar-refractivity contribution in [1.82, 2.24) is 18.7 Å². The van der Waals surface area contributed by atoms with Crippen LogP contribution in [0.4, 0.5) is 5.95 Å². The van der Waals surface area contributed by atoms with E-state index in [0.717, 1.165) is 16.6 Å². The van der Waals surface area contributed by atoms with Crippen molar-refractivity contribution in [3.05, 3.63) is 50.7 Å². The van der Waals surface area contributed by atoms with Gasteiger partial charge in [0.05, 0.1) is 6.54 Å². The van der Waals surface area contributed by atoms with Gasteiger partial charge in [-0.25, -0.2) is 4.79 Å². The molecule has 1 aromatic carbocycles. The number of aromatic nitrogens is 4. The van der Waals surface area contributed by atoms with Crippen LogP contribution in [0.1, 0.15) is 25.8 Å². The maximum atomic E-state index is 12.8. The Labute approximate surface area is 174 Å². The summed E-state index contributed by atoms with van der Waals surface area (Å²) in [5.74, 6) is 1.14. The van der Waals surface area contributed by atoms with Crippen LogP contribution in [-0.4, -0.2) is 42.5 Å². The van der Waals surface area contributed by atoms with E-state index in [1.54, 1.807) is 11.6 Å². The van der Waals surface area contributed by atoms with E-state index in [9.17, 15) is 14.7 Å². The van der Waals surface area contributed by atoms with E-state index < -0.39 is 17.4 Å². The standard InChI is InChI=1S/C21H29N5O4/c1-6-14(3)22-20-23-18-17(19(28)25(5)21(29)24(18)4)26(20)11-15(27)12-30-16-10-8-7-9-13(16)2/h7-10,14-15,27H,6,11-12H2,1-5H3,(H,22,23)/t14-,15-/m0/s1. The summed E-state index contributed by atoms with van der Waals surface area (Å²) in [7, 11) is 3.01. The maximum absolute atomic E-state index is 12.8. The molecule has 162 valence electrons. The van der Waals surface area contributed by atoms with Gasteiger partial charge in [-0.15, -0.1) is 0 Å². The van der Waals surface area contributed by atoms with Crippen LogP contribution in [0.3, 0.4) is 0 Å². The Bertz CT molecular complexity index is 1160. The molecule has 0 amide bonds. The number of fused-ring (bicyclic) bond motifs is 1. The lowest BCUT2D eigenvalue weighted by Gasteiger charge is -2.18. The Morgan fingerprint density at radius 2 is 1.90 bits per heavy atom. The number of nitrogens with one attached hydrogen (secondary N) is 1. The summed E-state index contributed by atoms with van der Waals surface area (Å²) in [6, 6.07) is 7.67. The van der Waals surface area contributed by atoms with Gasteiger partial charge in [-0.2, -0.15) is 4.98 Å². The Morgan fingerprint density at radius 3 is 2.57 bits per heavy atom. The highest BCUT2D eigenvalue weighted by molar-refractivity contribution is 5.74. The van der Waals surface area contributed by atoms with Gasteiger partial charge in [0.25, 0.3) is 5.56 Å². The molecule has 0 bridgehead atoms. The van der Waals surface area contributed by atoms with E-state index in [4.69, 9.17) is 4.74 Å². The second kappa shape index (κ2) is 8.74. The van der Waals surface area contributed by atoms with Crippen LogP contribution < -0.4 is 21.3 Å². The summed E-state index contributed by atoms with van der Waals surface area (Å²) in [5, 5.41) is 13.9. The number of imidazole rings is 1. The van der Waals surface area contributed by atoms with Crippen molar-refractivity contribution < 1.29 is 9.84 Å². The van der Waals surface area contributed by atoms with E-state index in [-0.39, 0.29) is 30.4 Å². The normalized spacial score (nSPS) is 13.4. The van der Waals surface area contributed by atoms with Crippen molar-refractivity contribution >= 4 is 17.1 Å². The van der Waals surface area contributed by atoms with Crippen molar-refractivity contribution in [3.63, 3.8) is 0 Å². The van der Waals surface area contributed by atoms with E-state index in [1.807, 2.05) is 45.0 Å². The van der Waals surface area contributed by atoms with E-state index in [0.29, 0.717) is 11.7 Å². The third-order valence-electron chi connectivity index (χ3n) is 5.25. The molecule has 0 spiro atoms. The van der Waals surface area contributed by atoms with Gasteiger partial charge in [-0.1, -0.05) is 25.1 Å². The Hall–Kier alpha value is -3.07. The van der Waals surface area contributed by atoms with Crippen LogP contribution in [0.15, 0.2) is 33.9 Å². The maximum Gasteiger partial charge on any atom is 0.332 e. The van der Waals surface area contributed by atoms with Gasteiger partial charge >= 0.3 is 5.69 Å². The fourth-order valence-corrected chi connectivity index (χ4v) is 3.22. The predicted molar refractivity (Wildman–Crippen MR) is 116 cm³/mol. The first kappa shape index (κ1) is 21.6. The monoisotopic (exact) mass is 415 g/mol. The molecule has 0 fully saturated rings. The van der Waals surface area contributed by atoms with E-state index >= 15 is 0 Å². The predicted octanol–water partition coefficient (Wildman–Crippen LogP) is 1.39. The van der Waals surface area contributed by atoms with Crippen molar-refractivity contribution in [2.24, 2.45) is 14.1 Å². The minimum Gasteiger partial charge on any atom is -0.491 e. The van der Waals surface area contributed by atoms with Crippen molar-refractivity contribution in [1.29, 1.82) is 0 Å². The molecule has 0 saturated heterocycles. The first-order valence-electron chi connectivity index (χ1n) is 10.0.